The summed E-state index contributed by atoms with van der Waals surface area (Å²) in [4.78, 5) is 11.9. The Morgan fingerprint density at radius 3 is 2.60 bits per heavy atom. The van der Waals surface area contributed by atoms with Crippen LogP contribution in [0.1, 0.15) is 57.8 Å². The number of carbonyl (C=O) groups excluding carboxylic acids is 1. The molecule has 0 aromatic rings. The van der Waals surface area contributed by atoms with E-state index in [1.54, 1.807) is 0 Å². The van der Waals surface area contributed by atoms with Crippen molar-refractivity contribution in [2.45, 2.75) is 63.8 Å². The molecule has 2 rings (SSSR count). The van der Waals surface area contributed by atoms with E-state index in [1.807, 2.05) is 0 Å². The Bertz CT molecular complexity index is 251. The summed E-state index contributed by atoms with van der Waals surface area (Å²) in [6, 6.07) is 0.453. The normalized spacial score (nSPS) is 23.3. The molecule has 0 heterocycles. The van der Waals surface area contributed by atoms with Crippen molar-refractivity contribution in [1.82, 2.24) is 5.32 Å². The van der Waals surface area contributed by atoms with Gasteiger partial charge in [0.15, 0.2) is 0 Å². The van der Waals surface area contributed by atoms with Crippen molar-refractivity contribution in [1.29, 1.82) is 0 Å². The Kier molecular flexibility index (Phi) is 3.81. The van der Waals surface area contributed by atoms with E-state index in [0.29, 0.717) is 6.04 Å². The minimum atomic E-state index is 0.210. The second-order valence-corrected chi connectivity index (χ2v) is 4.78. The summed E-state index contributed by atoms with van der Waals surface area (Å²) in [5.41, 5.74) is 1.03. The van der Waals surface area contributed by atoms with E-state index in [-0.39, 0.29) is 5.91 Å². The monoisotopic (exact) mass is 207 g/mol. The van der Waals surface area contributed by atoms with Crippen molar-refractivity contribution >= 4 is 5.91 Å². The summed E-state index contributed by atoms with van der Waals surface area (Å²) in [6.45, 7) is 0. The lowest BCUT2D eigenvalue weighted by molar-refractivity contribution is -0.118. The van der Waals surface area contributed by atoms with E-state index in [2.05, 4.69) is 11.4 Å². The number of allylic oxidation sites excluding steroid dienone is 1. The van der Waals surface area contributed by atoms with Gasteiger partial charge in [-0.05, 0) is 38.5 Å². The van der Waals surface area contributed by atoms with Gasteiger partial charge in [-0.25, -0.2) is 0 Å². The summed E-state index contributed by atoms with van der Waals surface area (Å²) in [6.07, 6.45) is 12.9. The average Bonchev–Trinajstić information content (AvgIpc) is 2.31. The Balaban J connectivity index is 1.82. The summed E-state index contributed by atoms with van der Waals surface area (Å²) < 4.78 is 0. The van der Waals surface area contributed by atoms with Crippen LogP contribution >= 0.6 is 0 Å². The first-order valence-corrected chi connectivity index (χ1v) is 6.36. The smallest absolute Gasteiger partial charge is 0.247 e. The Morgan fingerprint density at radius 2 is 1.93 bits per heavy atom. The maximum atomic E-state index is 11.9. The van der Waals surface area contributed by atoms with E-state index in [1.165, 1.54) is 44.9 Å². The molecule has 1 N–H and O–H groups in total. The van der Waals surface area contributed by atoms with Crippen molar-refractivity contribution in [3.63, 3.8) is 0 Å². The van der Waals surface area contributed by atoms with Crippen LogP contribution in [0.2, 0.25) is 0 Å². The standard InChI is InChI=1S/C13H21NO/c15-13(11-7-3-1-4-8-11)14-12-9-5-2-6-10-12/h7,12H,1-6,8-10H2,(H,14,15). The number of hydrogen-bond acceptors (Lipinski definition) is 1. The molecule has 0 atom stereocenters. The summed E-state index contributed by atoms with van der Waals surface area (Å²) in [7, 11) is 0. The molecule has 84 valence electrons. The van der Waals surface area contributed by atoms with Crippen molar-refractivity contribution in [3.05, 3.63) is 11.6 Å². The van der Waals surface area contributed by atoms with Crippen LogP contribution in [0.5, 0.6) is 0 Å². The second-order valence-electron chi connectivity index (χ2n) is 4.78. The van der Waals surface area contributed by atoms with Gasteiger partial charge >= 0.3 is 0 Å². The molecule has 0 aromatic carbocycles. The minimum Gasteiger partial charge on any atom is -0.350 e. The van der Waals surface area contributed by atoms with Crippen molar-refractivity contribution in [3.8, 4) is 0 Å². The van der Waals surface area contributed by atoms with Crippen LogP contribution in [0.4, 0.5) is 0 Å². The molecule has 0 aliphatic heterocycles. The van der Waals surface area contributed by atoms with E-state index < -0.39 is 0 Å². The maximum Gasteiger partial charge on any atom is 0.247 e. The van der Waals surface area contributed by atoms with Crippen molar-refractivity contribution in [2.24, 2.45) is 0 Å². The molecule has 0 radical (unpaired) electrons. The van der Waals surface area contributed by atoms with Crippen molar-refractivity contribution in [2.75, 3.05) is 0 Å². The molecule has 0 aromatic heterocycles. The summed E-state index contributed by atoms with van der Waals surface area (Å²) >= 11 is 0. The first-order valence-electron chi connectivity index (χ1n) is 6.36. The van der Waals surface area contributed by atoms with E-state index >= 15 is 0 Å². The molecular formula is C13H21NO. The van der Waals surface area contributed by atoms with Crippen LogP contribution in [0.25, 0.3) is 0 Å². The fourth-order valence-electron chi connectivity index (χ4n) is 2.57. The molecule has 2 aliphatic rings. The number of nitrogens with one attached hydrogen (secondary N) is 1. The van der Waals surface area contributed by atoms with Crippen LogP contribution in [0.3, 0.4) is 0 Å². The fraction of sp³-hybridized carbons (Fsp3) is 0.769. The van der Waals surface area contributed by atoms with Gasteiger partial charge in [-0.2, -0.15) is 0 Å². The van der Waals surface area contributed by atoms with Crippen LogP contribution in [0, 0.1) is 0 Å². The number of rotatable bonds is 2. The molecule has 1 amide bonds. The zero-order chi connectivity index (χ0) is 10.5. The van der Waals surface area contributed by atoms with E-state index in [4.69, 9.17) is 0 Å². The molecule has 1 saturated carbocycles. The van der Waals surface area contributed by atoms with Crippen molar-refractivity contribution < 1.29 is 4.79 Å². The van der Waals surface area contributed by atoms with Crippen LogP contribution in [0.15, 0.2) is 11.6 Å². The third kappa shape index (κ3) is 3.08. The largest absolute Gasteiger partial charge is 0.350 e. The van der Waals surface area contributed by atoms with E-state index in [9.17, 15) is 4.79 Å². The van der Waals surface area contributed by atoms with Gasteiger partial charge in [0, 0.05) is 11.6 Å². The van der Waals surface area contributed by atoms with Crippen LogP contribution in [-0.4, -0.2) is 11.9 Å². The first-order chi connectivity index (χ1) is 7.36. The van der Waals surface area contributed by atoms with Gasteiger partial charge in [-0.1, -0.05) is 25.3 Å². The highest BCUT2D eigenvalue weighted by Crippen LogP contribution is 2.20. The van der Waals surface area contributed by atoms with Gasteiger partial charge in [0.05, 0.1) is 0 Å². The molecule has 1 fully saturated rings. The molecular weight excluding hydrogens is 186 g/mol. The highest BCUT2D eigenvalue weighted by Gasteiger charge is 2.18. The van der Waals surface area contributed by atoms with Gasteiger partial charge in [0.25, 0.3) is 0 Å². The molecule has 0 unspecified atom stereocenters. The fourth-order valence-corrected chi connectivity index (χ4v) is 2.57. The molecule has 2 heteroatoms. The highest BCUT2D eigenvalue weighted by molar-refractivity contribution is 5.93. The Labute approximate surface area is 92.1 Å². The Morgan fingerprint density at radius 1 is 1.13 bits per heavy atom. The molecule has 0 bridgehead atoms. The summed E-state index contributed by atoms with van der Waals surface area (Å²) in [5.74, 6) is 0.210. The number of amides is 1. The SMILES string of the molecule is O=C(NC1CCCCC1)C1=CCCCC1. The zero-order valence-electron chi connectivity index (χ0n) is 9.43. The van der Waals surface area contributed by atoms with Gasteiger partial charge in [0.1, 0.15) is 0 Å². The average molecular weight is 207 g/mol. The summed E-state index contributed by atoms with van der Waals surface area (Å²) in [5, 5.41) is 3.18. The predicted molar refractivity (Wildman–Crippen MR) is 61.6 cm³/mol. The van der Waals surface area contributed by atoms with Gasteiger partial charge in [-0.15, -0.1) is 0 Å². The molecule has 15 heavy (non-hydrogen) atoms. The van der Waals surface area contributed by atoms with Crippen LogP contribution < -0.4 is 5.32 Å². The quantitative estimate of drug-likeness (QED) is 0.741. The van der Waals surface area contributed by atoms with Gasteiger partial charge in [0.2, 0.25) is 5.91 Å². The third-order valence-electron chi connectivity index (χ3n) is 3.52. The lowest BCUT2D eigenvalue weighted by Gasteiger charge is -2.24. The molecule has 2 aliphatic carbocycles. The first kappa shape index (κ1) is 10.7. The highest BCUT2D eigenvalue weighted by atomic mass is 16.1. The topological polar surface area (TPSA) is 29.1 Å². The van der Waals surface area contributed by atoms with Gasteiger partial charge < -0.3 is 5.32 Å². The second kappa shape index (κ2) is 5.34. The predicted octanol–water partition coefficient (Wildman–Crippen LogP) is 2.94. The van der Waals surface area contributed by atoms with Crippen LogP contribution in [-0.2, 0) is 4.79 Å². The molecule has 0 saturated heterocycles. The number of carbonyl (C=O) groups is 1. The molecule has 2 nitrogen and oxygen atoms in total. The van der Waals surface area contributed by atoms with E-state index in [0.717, 1.165) is 18.4 Å². The lowest BCUT2D eigenvalue weighted by atomic mass is 9.94. The maximum absolute atomic E-state index is 11.9. The Hall–Kier alpha value is -0.790. The zero-order valence-corrected chi connectivity index (χ0v) is 9.43. The lowest BCUT2D eigenvalue weighted by Crippen LogP contribution is -2.37. The number of hydrogen-bond donors (Lipinski definition) is 1. The minimum absolute atomic E-state index is 0.210. The van der Waals surface area contributed by atoms with Gasteiger partial charge in [-0.3, -0.25) is 4.79 Å². The molecule has 0 spiro atoms. The third-order valence-corrected chi connectivity index (χ3v) is 3.52.